The first-order valence-corrected chi connectivity index (χ1v) is 12.3. The summed E-state index contributed by atoms with van der Waals surface area (Å²) < 4.78 is 22.2. The lowest BCUT2D eigenvalue weighted by Crippen LogP contribution is -2.60. The van der Waals surface area contributed by atoms with Crippen LogP contribution in [0.15, 0.2) is 41.0 Å². The molecule has 0 N–H and O–H groups in total. The van der Waals surface area contributed by atoms with Crippen LogP contribution < -0.4 is 9.47 Å². The number of methoxy groups -OCH3 is 2. The molecule has 1 atom stereocenters. The molecule has 0 bridgehead atoms. The normalized spacial score (nSPS) is 21.2. The van der Waals surface area contributed by atoms with Gasteiger partial charge in [-0.25, -0.2) is 0 Å². The molecule has 5 rings (SSSR count). The van der Waals surface area contributed by atoms with Gasteiger partial charge in [-0.15, -0.1) is 0 Å². The minimum Gasteiger partial charge on any atom is -0.493 e. The molecule has 1 aromatic carbocycles. The van der Waals surface area contributed by atoms with Gasteiger partial charge in [0, 0.05) is 44.6 Å². The molecule has 0 aliphatic carbocycles. The van der Waals surface area contributed by atoms with Crippen LogP contribution in [0.2, 0.25) is 0 Å². The monoisotopic (exact) mass is 497 g/mol. The number of carbonyl (C=O) groups is 3. The largest absolute Gasteiger partial charge is 0.493 e. The summed E-state index contributed by atoms with van der Waals surface area (Å²) in [6.45, 7) is 2.27. The van der Waals surface area contributed by atoms with Gasteiger partial charge in [0.15, 0.2) is 17.3 Å². The highest BCUT2D eigenvalue weighted by molar-refractivity contribution is 5.97. The number of piperidine rings is 1. The highest BCUT2D eigenvalue weighted by Gasteiger charge is 2.55. The number of hydrogen-bond donors (Lipinski definition) is 0. The fraction of sp³-hybridized carbons (Fsp3) is 0.500. The van der Waals surface area contributed by atoms with Gasteiger partial charge in [-0.3, -0.25) is 19.3 Å². The van der Waals surface area contributed by atoms with Crippen LogP contribution >= 0.6 is 0 Å². The Morgan fingerprint density at radius 1 is 0.917 bits per heavy atom. The number of hydrogen-bond acceptors (Lipinski definition) is 7. The Kier molecular flexibility index (Phi) is 6.61. The van der Waals surface area contributed by atoms with Crippen molar-refractivity contribution in [3.63, 3.8) is 0 Å². The minimum absolute atomic E-state index is 0.0897. The van der Waals surface area contributed by atoms with Gasteiger partial charge in [0.25, 0.3) is 11.8 Å². The smallest absolute Gasteiger partial charge is 0.292 e. The zero-order valence-electron chi connectivity index (χ0n) is 20.6. The second kappa shape index (κ2) is 9.85. The van der Waals surface area contributed by atoms with Gasteiger partial charge in [-0.1, -0.05) is 0 Å². The lowest BCUT2D eigenvalue weighted by atomic mass is 9.96. The van der Waals surface area contributed by atoms with E-state index in [4.69, 9.17) is 18.6 Å². The van der Waals surface area contributed by atoms with Crippen LogP contribution in [0.5, 0.6) is 11.5 Å². The van der Waals surface area contributed by atoms with Crippen molar-refractivity contribution in [2.75, 3.05) is 47.0 Å². The zero-order chi connectivity index (χ0) is 25.3. The fourth-order valence-corrected chi connectivity index (χ4v) is 5.43. The number of carbonyl (C=O) groups excluding carboxylic acids is 3. The molecule has 10 nitrogen and oxygen atoms in total. The van der Waals surface area contributed by atoms with E-state index in [1.54, 1.807) is 47.2 Å². The Morgan fingerprint density at radius 2 is 1.64 bits per heavy atom. The Balaban J connectivity index is 1.35. The Hall–Kier alpha value is -3.53. The molecule has 1 aromatic heterocycles. The number of likely N-dealkylation sites (tertiary alicyclic amines) is 2. The summed E-state index contributed by atoms with van der Waals surface area (Å²) in [4.78, 5) is 45.3. The van der Waals surface area contributed by atoms with Gasteiger partial charge in [0.05, 0.1) is 27.1 Å². The van der Waals surface area contributed by atoms with Crippen LogP contribution in [-0.2, 0) is 9.53 Å². The van der Waals surface area contributed by atoms with Crippen molar-refractivity contribution in [3.8, 4) is 11.5 Å². The maximum absolute atomic E-state index is 13.6. The third kappa shape index (κ3) is 4.19. The minimum atomic E-state index is -0.974. The van der Waals surface area contributed by atoms with Crippen molar-refractivity contribution in [1.82, 2.24) is 14.7 Å². The van der Waals surface area contributed by atoms with Gasteiger partial charge in [0.1, 0.15) is 11.8 Å². The molecule has 0 radical (unpaired) electrons. The fourth-order valence-electron chi connectivity index (χ4n) is 5.43. The van der Waals surface area contributed by atoms with Crippen LogP contribution in [0.3, 0.4) is 0 Å². The molecule has 1 spiro atoms. The van der Waals surface area contributed by atoms with Crippen molar-refractivity contribution < 1.29 is 33.0 Å². The average Bonchev–Trinajstić information content (AvgIpc) is 3.69. The van der Waals surface area contributed by atoms with Crippen molar-refractivity contribution in [1.29, 1.82) is 0 Å². The van der Waals surface area contributed by atoms with E-state index in [0.29, 0.717) is 56.1 Å². The topological polar surface area (TPSA) is 102 Å². The van der Waals surface area contributed by atoms with E-state index in [1.807, 2.05) is 4.90 Å². The molecule has 3 saturated heterocycles. The summed E-state index contributed by atoms with van der Waals surface area (Å²) >= 11 is 0. The van der Waals surface area contributed by atoms with Crippen LogP contribution in [-0.4, -0.2) is 91.2 Å². The Labute approximate surface area is 209 Å². The molecule has 3 aliphatic rings. The number of amides is 3. The van der Waals surface area contributed by atoms with Gasteiger partial charge in [0.2, 0.25) is 5.91 Å². The van der Waals surface area contributed by atoms with Crippen LogP contribution in [0, 0.1) is 0 Å². The van der Waals surface area contributed by atoms with E-state index >= 15 is 0 Å². The number of furan rings is 1. The molecule has 4 heterocycles. The summed E-state index contributed by atoms with van der Waals surface area (Å²) in [6, 6.07) is 7.61. The number of benzene rings is 1. The SMILES string of the molecule is COc1ccc(C(=O)N2CCC3(CC2)OCC(C(=O)N2CCCC2)N3C(=O)c2ccco2)cc1OC. The Bertz CT molecular complexity index is 1120. The summed E-state index contributed by atoms with van der Waals surface area (Å²) in [7, 11) is 3.07. The first kappa shape index (κ1) is 24.2. The molecule has 10 heteroatoms. The first-order chi connectivity index (χ1) is 17.5. The average molecular weight is 498 g/mol. The molecule has 36 heavy (non-hydrogen) atoms. The zero-order valence-corrected chi connectivity index (χ0v) is 20.6. The number of ether oxygens (including phenoxy) is 3. The number of nitrogens with zero attached hydrogens (tertiary/aromatic N) is 3. The molecular formula is C26H31N3O7. The van der Waals surface area contributed by atoms with E-state index in [9.17, 15) is 14.4 Å². The van der Waals surface area contributed by atoms with Crippen molar-refractivity contribution >= 4 is 17.7 Å². The van der Waals surface area contributed by atoms with Crippen LogP contribution in [0.25, 0.3) is 0 Å². The van der Waals surface area contributed by atoms with Gasteiger partial charge >= 0.3 is 0 Å². The van der Waals surface area contributed by atoms with Crippen LogP contribution in [0.1, 0.15) is 46.6 Å². The maximum atomic E-state index is 13.6. The lowest BCUT2D eigenvalue weighted by Gasteiger charge is -2.44. The summed E-state index contributed by atoms with van der Waals surface area (Å²) in [5.41, 5.74) is -0.486. The predicted octanol–water partition coefficient (Wildman–Crippen LogP) is 2.39. The third-order valence-electron chi connectivity index (χ3n) is 7.38. The van der Waals surface area contributed by atoms with Crippen molar-refractivity contribution in [2.45, 2.75) is 37.5 Å². The van der Waals surface area contributed by atoms with E-state index in [2.05, 4.69) is 0 Å². The number of rotatable bonds is 5. The van der Waals surface area contributed by atoms with Gasteiger partial charge in [-0.2, -0.15) is 0 Å². The van der Waals surface area contributed by atoms with E-state index in [1.165, 1.54) is 13.4 Å². The summed E-state index contributed by atoms with van der Waals surface area (Å²) in [5.74, 6) is 0.601. The van der Waals surface area contributed by atoms with Gasteiger partial charge < -0.3 is 28.4 Å². The lowest BCUT2D eigenvalue weighted by molar-refractivity contribution is -0.136. The maximum Gasteiger partial charge on any atom is 0.292 e. The van der Waals surface area contributed by atoms with Gasteiger partial charge in [-0.05, 0) is 43.2 Å². The standard InChI is InChI=1S/C26H31N3O7/c1-33-20-8-7-18(16-22(20)34-2)23(30)28-13-9-26(10-14-28)29(25(32)21-6-5-15-35-21)19(17-36-26)24(31)27-11-3-4-12-27/h5-8,15-16,19H,3-4,9-14,17H2,1-2H3. The van der Waals surface area contributed by atoms with E-state index < -0.39 is 11.8 Å². The third-order valence-corrected chi connectivity index (χ3v) is 7.38. The Morgan fingerprint density at radius 3 is 2.28 bits per heavy atom. The molecule has 0 saturated carbocycles. The van der Waals surface area contributed by atoms with Crippen LogP contribution in [0.4, 0.5) is 0 Å². The van der Waals surface area contributed by atoms with Crippen molar-refractivity contribution in [3.05, 3.63) is 47.9 Å². The molecule has 1 unspecified atom stereocenters. The molecule has 3 fully saturated rings. The van der Waals surface area contributed by atoms with E-state index in [0.717, 1.165) is 12.8 Å². The van der Waals surface area contributed by atoms with E-state index in [-0.39, 0.29) is 30.1 Å². The predicted molar refractivity (Wildman–Crippen MR) is 128 cm³/mol. The summed E-state index contributed by atoms with van der Waals surface area (Å²) in [5, 5.41) is 0. The highest BCUT2D eigenvalue weighted by Crippen LogP contribution is 2.40. The highest BCUT2D eigenvalue weighted by atomic mass is 16.5. The quantitative estimate of drug-likeness (QED) is 0.625. The second-order valence-corrected chi connectivity index (χ2v) is 9.32. The van der Waals surface area contributed by atoms with Crippen molar-refractivity contribution in [2.24, 2.45) is 0 Å². The first-order valence-electron chi connectivity index (χ1n) is 12.3. The molecule has 3 aliphatic heterocycles. The molecule has 3 amide bonds. The molecule has 192 valence electrons. The molecular weight excluding hydrogens is 466 g/mol. The molecule has 2 aromatic rings. The summed E-state index contributed by atoms with van der Waals surface area (Å²) in [6.07, 6.45) is 4.15. The second-order valence-electron chi connectivity index (χ2n) is 9.32.